The number of hydrogen-bond donors (Lipinski definition) is 2. The lowest BCUT2D eigenvalue weighted by atomic mass is 9.78. The summed E-state index contributed by atoms with van der Waals surface area (Å²) in [4.78, 5) is 11.8. The zero-order valence-corrected chi connectivity index (χ0v) is 9.81. The number of rotatable bonds is 2. The van der Waals surface area contributed by atoms with Crippen molar-refractivity contribution >= 4 is 5.91 Å². The molecule has 86 valence electrons. The molecule has 1 atom stereocenters. The Balaban J connectivity index is 1.84. The summed E-state index contributed by atoms with van der Waals surface area (Å²) in [6.45, 7) is 5.48. The van der Waals surface area contributed by atoms with Gasteiger partial charge in [0.2, 0.25) is 5.91 Å². The first-order valence-electron chi connectivity index (χ1n) is 6.14. The highest BCUT2D eigenvalue weighted by molar-refractivity contribution is 5.83. The van der Waals surface area contributed by atoms with Gasteiger partial charge in [-0.25, -0.2) is 0 Å². The number of nitrogens with one attached hydrogen (secondary N) is 2. The molecule has 1 saturated carbocycles. The lowest BCUT2D eigenvalue weighted by molar-refractivity contribution is -0.127. The van der Waals surface area contributed by atoms with Gasteiger partial charge in [0.05, 0.1) is 6.04 Å². The fraction of sp³-hybridized carbons (Fsp3) is 0.917. The van der Waals surface area contributed by atoms with Gasteiger partial charge in [0, 0.05) is 5.54 Å². The molecular formula is C12H22N2O. The number of carbonyl (C=O) groups excluding carboxylic acids is 1. The second-order valence-corrected chi connectivity index (χ2v) is 5.53. The average molecular weight is 210 g/mol. The molecule has 2 fully saturated rings. The van der Waals surface area contributed by atoms with Gasteiger partial charge in [-0.2, -0.15) is 0 Å². The van der Waals surface area contributed by atoms with Gasteiger partial charge in [-0.05, 0) is 51.5 Å². The van der Waals surface area contributed by atoms with Gasteiger partial charge < -0.3 is 10.6 Å². The van der Waals surface area contributed by atoms with Crippen LogP contribution in [0.1, 0.15) is 46.0 Å². The third-order valence-corrected chi connectivity index (χ3v) is 3.94. The monoisotopic (exact) mass is 210 g/mol. The highest BCUT2D eigenvalue weighted by Crippen LogP contribution is 2.31. The molecule has 3 heteroatoms. The lowest BCUT2D eigenvalue weighted by Gasteiger charge is -2.39. The number of hydrogen-bond acceptors (Lipinski definition) is 2. The largest absolute Gasteiger partial charge is 0.350 e. The predicted molar refractivity (Wildman–Crippen MR) is 60.6 cm³/mol. The fourth-order valence-electron chi connectivity index (χ4n) is 2.42. The molecule has 2 rings (SSSR count). The van der Waals surface area contributed by atoms with E-state index in [0.29, 0.717) is 0 Å². The Labute approximate surface area is 92.0 Å². The van der Waals surface area contributed by atoms with Gasteiger partial charge in [0.25, 0.3) is 0 Å². The summed E-state index contributed by atoms with van der Waals surface area (Å²) in [5.41, 5.74) is 0.0564. The summed E-state index contributed by atoms with van der Waals surface area (Å²) in [5, 5.41) is 6.37. The average Bonchev–Trinajstić information content (AvgIpc) is 2.07. The Morgan fingerprint density at radius 1 is 1.33 bits per heavy atom. The van der Waals surface area contributed by atoms with E-state index in [1.807, 2.05) is 0 Å². The maximum atomic E-state index is 11.8. The SMILES string of the molecule is CC1CCC(C)(NC(=O)[C@H]2CCN2)CC1. The molecule has 0 spiro atoms. The Morgan fingerprint density at radius 2 is 1.93 bits per heavy atom. The van der Waals surface area contributed by atoms with Crippen LogP contribution in [-0.2, 0) is 4.79 Å². The molecule has 15 heavy (non-hydrogen) atoms. The van der Waals surface area contributed by atoms with Crippen LogP contribution < -0.4 is 10.6 Å². The van der Waals surface area contributed by atoms with Crippen LogP contribution in [0.25, 0.3) is 0 Å². The van der Waals surface area contributed by atoms with Crippen molar-refractivity contribution in [2.45, 2.75) is 57.5 Å². The van der Waals surface area contributed by atoms with E-state index in [9.17, 15) is 4.79 Å². The van der Waals surface area contributed by atoms with Crippen molar-refractivity contribution in [3.63, 3.8) is 0 Å². The molecule has 0 unspecified atom stereocenters. The highest BCUT2D eigenvalue weighted by atomic mass is 16.2. The van der Waals surface area contributed by atoms with E-state index in [2.05, 4.69) is 24.5 Å². The quantitative estimate of drug-likeness (QED) is 0.724. The van der Waals surface area contributed by atoms with E-state index in [1.54, 1.807) is 0 Å². The third kappa shape index (κ3) is 2.51. The first kappa shape index (κ1) is 10.9. The standard InChI is InChI=1S/C12H22N2O/c1-9-3-6-12(2,7-4-9)14-11(15)10-5-8-13-10/h9-10,13H,3-8H2,1-2H3,(H,14,15)/t9?,10-,12?/m1/s1. The Morgan fingerprint density at radius 3 is 2.40 bits per heavy atom. The molecule has 1 aliphatic heterocycles. The second kappa shape index (κ2) is 4.12. The minimum Gasteiger partial charge on any atom is -0.350 e. The smallest absolute Gasteiger partial charge is 0.237 e. The Kier molecular flexibility index (Phi) is 3.01. The maximum Gasteiger partial charge on any atom is 0.237 e. The van der Waals surface area contributed by atoms with Gasteiger partial charge in [-0.15, -0.1) is 0 Å². The zero-order chi connectivity index (χ0) is 10.9. The van der Waals surface area contributed by atoms with Crippen LogP contribution in [0.5, 0.6) is 0 Å². The lowest BCUT2D eigenvalue weighted by Crippen LogP contribution is -2.58. The summed E-state index contributed by atoms with van der Waals surface area (Å²) in [6.07, 6.45) is 5.75. The van der Waals surface area contributed by atoms with Gasteiger partial charge in [-0.1, -0.05) is 6.92 Å². The van der Waals surface area contributed by atoms with Crippen LogP contribution in [0.3, 0.4) is 0 Å². The predicted octanol–water partition coefficient (Wildman–Crippen LogP) is 1.43. The van der Waals surface area contributed by atoms with E-state index in [1.165, 1.54) is 12.8 Å². The molecule has 2 aliphatic rings. The molecule has 1 amide bonds. The van der Waals surface area contributed by atoms with Crippen molar-refractivity contribution in [3.05, 3.63) is 0 Å². The van der Waals surface area contributed by atoms with Crippen molar-refractivity contribution in [2.24, 2.45) is 5.92 Å². The first-order chi connectivity index (χ1) is 7.09. The maximum absolute atomic E-state index is 11.8. The van der Waals surface area contributed by atoms with Gasteiger partial charge in [-0.3, -0.25) is 4.79 Å². The van der Waals surface area contributed by atoms with E-state index < -0.39 is 0 Å². The molecule has 0 aromatic rings. The van der Waals surface area contributed by atoms with Gasteiger partial charge >= 0.3 is 0 Å². The summed E-state index contributed by atoms with van der Waals surface area (Å²) in [6, 6.07) is 0.0844. The van der Waals surface area contributed by atoms with Crippen molar-refractivity contribution in [1.29, 1.82) is 0 Å². The van der Waals surface area contributed by atoms with Crippen LogP contribution in [0.15, 0.2) is 0 Å². The van der Waals surface area contributed by atoms with E-state index >= 15 is 0 Å². The zero-order valence-electron chi connectivity index (χ0n) is 9.81. The van der Waals surface area contributed by atoms with Crippen molar-refractivity contribution in [3.8, 4) is 0 Å². The van der Waals surface area contributed by atoms with Gasteiger partial charge in [0.15, 0.2) is 0 Å². The molecule has 2 N–H and O–H groups in total. The van der Waals surface area contributed by atoms with Gasteiger partial charge in [0.1, 0.15) is 0 Å². The van der Waals surface area contributed by atoms with Crippen molar-refractivity contribution in [2.75, 3.05) is 6.54 Å². The fourth-order valence-corrected chi connectivity index (χ4v) is 2.42. The van der Waals surface area contributed by atoms with E-state index in [4.69, 9.17) is 0 Å². The summed E-state index contributed by atoms with van der Waals surface area (Å²) in [5.74, 6) is 1.04. The molecule has 0 aromatic heterocycles. The molecule has 0 aromatic carbocycles. The Hall–Kier alpha value is -0.570. The third-order valence-electron chi connectivity index (χ3n) is 3.94. The first-order valence-corrected chi connectivity index (χ1v) is 6.14. The molecule has 1 aliphatic carbocycles. The Bertz CT molecular complexity index is 240. The molecule has 0 radical (unpaired) electrons. The topological polar surface area (TPSA) is 41.1 Å². The van der Waals surface area contributed by atoms with Crippen molar-refractivity contribution in [1.82, 2.24) is 10.6 Å². The van der Waals surface area contributed by atoms with Crippen LogP contribution in [0.2, 0.25) is 0 Å². The van der Waals surface area contributed by atoms with Crippen LogP contribution in [-0.4, -0.2) is 24.0 Å². The highest BCUT2D eigenvalue weighted by Gasteiger charge is 2.34. The summed E-state index contributed by atoms with van der Waals surface area (Å²) in [7, 11) is 0. The molecule has 1 heterocycles. The second-order valence-electron chi connectivity index (χ2n) is 5.53. The minimum atomic E-state index is 0.0564. The summed E-state index contributed by atoms with van der Waals surface area (Å²) < 4.78 is 0. The molecular weight excluding hydrogens is 188 g/mol. The molecule has 0 bridgehead atoms. The number of amides is 1. The van der Waals surface area contributed by atoms with Crippen LogP contribution in [0, 0.1) is 5.92 Å². The van der Waals surface area contributed by atoms with Crippen molar-refractivity contribution < 1.29 is 4.79 Å². The summed E-state index contributed by atoms with van der Waals surface area (Å²) >= 11 is 0. The minimum absolute atomic E-state index is 0.0564. The van der Waals surface area contributed by atoms with Crippen LogP contribution >= 0.6 is 0 Å². The normalized spacial score (nSPS) is 40.7. The molecule has 1 saturated heterocycles. The van der Waals surface area contributed by atoms with Crippen LogP contribution in [0.4, 0.5) is 0 Å². The van der Waals surface area contributed by atoms with E-state index in [0.717, 1.165) is 31.7 Å². The molecule has 3 nitrogen and oxygen atoms in total. The number of carbonyl (C=O) groups is 1. The van der Waals surface area contributed by atoms with E-state index in [-0.39, 0.29) is 17.5 Å².